The second-order valence-corrected chi connectivity index (χ2v) is 12.6. The zero-order chi connectivity index (χ0) is 33.0. The summed E-state index contributed by atoms with van der Waals surface area (Å²) in [6.45, 7) is 11.1. The van der Waals surface area contributed by atoms with E-state index in [2.05, 4.69) is 11.9 Å². The first kappa shape index (κ1) is 35.4. The van der Waals surface area contributed by atoms with E-state index in [0.29, 0.717) is 24.3 Å². The van der Waals surface area contributed by atoms with Gasteiger partial charge in [-0.2, -0.15) is 0 Å². The number of allylic oxidation sites excluding steroid dienone is 2. The van der Waals surface area contributed by atoms with Crippen molar-refractivity contribution in [3.05, 3.63) is 84.1 Å². The van der Waals surface area contributed by atoms with Crippen LogP contribution in [0.4, 0.5) is 4.79 Å². The quantitative estimate of drug-likeness (QED) is 0.175. The standard InChI is InChI=1S/C37H50N2O6/c1-8-16-30(34(40)27-19-14-11-15-20-27)32(23-26-17-12-10-13-18-26)39(25-28-21-22-29(43-6)24-33(28)44-7)35(41)31(9-2)38-36(42)45-37(3,4)5/h8-10,12-13,17-18,21-22,24,27,30,32H,1,11,14-16,19-20,23,25H2,2-7H3,(H,38,42)/b31-9-. The van der Waals surface area contributed by atoms with Gasteiger partial charge in [-0.1, -0.05) is 61.7 Å². The van der Waals surface area contributed by atoms with Crippen LogP contribution < -0.4 is 14.8 Å². The molecule has 3 rings (SSSR count). The number of hydrogen-bond acceptors (Lipinski definition) is 6. The Labute approximate surface area is 268 Å². The van der Waals surface area contributed by atoms with Gasteiger partial charge >= 0.3 is 6.09 Å². The number of carbonyl (C=O) groups is 3. The molecule has 1 aliphatic carbocycles. The van der Waals surface area contributed by atoms with Crippen LogP contribution in [0, 0.1) is 11.8 Å². The summed E-state index contributed by atoms with van der Waals surface area (Å²) in [6, 6.07) is 14.8. The maximum Gasteiger partial charge on any atom is 0.412 e. The average Bonchev–Trinajstić information content (AvgIpc) is 3.03. The normalized spacial score (nSPS) is 15.4. The summed E-state index contributed by atoms with van der Waals surface area (Å²) in [5.74, 6) is 0.345. The highest BCUT2D eigenvalue weighted by Gasteiger charge is 2.39. The van der Waals surface area contributed by atoms with Crippen molar-refractivity contribution in [2.24, 2.45) is 11.8 Å². The number of nitrogens with one attached hydrogen (secondary N) is 1. The minimum absolute atomic E-state index is 0.0597. The molecule has 1 saturated carbocycles. The third-order valence-electron chi connectivity index (χ3n) is 8.20. The third kappa shape index (κ3) is 10.2. The first-order chi connectivity index (χ1) is 21.5. The smallest absolute Gasteiger partial charge is 0.412 e. The Morgan fingerprint density at radius 2 is 1.71 bits per heavy atom. The van der Waals surface area contributed by atoms with Crippen LogP contribution in [0.25, 0.3) is 0 Å². The SMILES string of the molecule is C=CCC(C(=O)C1CCCCC1)C(Cc1ccccc1)N(Cc1ccc(OC)cc1OC)C(=O)/C(=C/C)NC(=O)OC(C)(C)C. The predicted molar refractivity (Wildman–Crippen MR) is 177 cm³/mol. The first-order valence-electron chi connectivity index (χ1n) is 15.9. The molecule has 1 aliphatic rings. The van der Waals surface area contributed by atoms with Crippen LogP contribution in [-0.2, 0) is 27.3 Å². The molecule has 8 nitrogen and oxygen atoms in total. The second kappa shape index (κ2) is 16.8. The van der Waals surface area contributed by atoms with Crippen molar-refractivity contribution >= 4 is 17.8 Å². The van der Waals surface area contributed by atoms with Gasteiger partial charge in [-0.3, -0.25) is 14.9 Å². The number of Topliss-reactive ketones (excluding diaryl/α,β-unsaturated/α-hetero) is 1. The zero-order valence-electron chi connectivity index (χ0n) is 27.8. The molecule has 244 valence electrons. The van der Waals surface area contributed by atoms with Gasteiger partial charge < -0.3 is 19.1 Å². The van der Waals surface area contributed by atoms with E-state index in [0.717, 1.165) is 43.2 Å². The molecular weight excluding hydrogens is 568 g/mol. The average molecular weight is 619 g/mol. The Morgan fingerprint density at radius 3 is 2.29 bits per heavy atom. The summed E-state index contributed by atoms with van der Waals surface area (Å²) in [5.41, 5.74) is 1.05. The fraction of sp³-hybridized carbons (Fsp3) is 0.486. The lowest BCUT2D eigenvalue weighted by atomic mass is 9.76. The predicted octanol–water partition coefficient (Wildman–Crippen LogP) is 7.41. The van der Waals surface area contributed by atoms with E-state index in [-0.39, 0.29) is 23.9 Å². The number of rotatable bonds is 14. The van der Waals surface area contributed by atoms with E-state index in [9.17, 15) is 14.4 Å². The van der Waals surface area contributed by atoms with Crippen molar-refractivity contribution < 1.29 is 28.6 Å². The summed E-state index contributed by atoms with van der Waals surface area (Å²) < 4.78 is 16.6. The van der Waals surface area contributed by atoms with Gasteiger partial charge in [-0.05, 0) is 71.1 Å². The lowest BCUT2D eigenvalue weighted by Gasteiger charge is -2.39. The monoisotopic (exact) mass is 618 g/mol. The van der Waals surface area contributed by atoms with E-state index >= 15 is 0 Å². The number of amides is 2. The number of nitrogens with zero attached hydrogens (tertiary/aromatic N) is 1. The van der Waals surface area contributed by atoms with Crippen LogP contribution in [0.5, 0.6) is 11.5 Å². The second-order valence-electron chi connectivity index (χ2n) is 12.6. The number of alkyl carbamates (subject to hydrolysis) is 1. The van der Waals surface area contributed by atoms with Crippen molar-refractivity contribution in [2.45, 2.75) is 90.8 Å². The number of methoxy groups -OCH3 is 2. The molecule has 8 heteroatoms. The largest absolute Gasteiger partial charge is 0.497 e. The highest BCUT2D eigenvalue weighted by Crippen LogP contribution is 2.34. The molecule has 2 unspecified atom stereocenters. The van der Waals surface area contributed by atoms with Gasteiger partial charge in [0.25, 0.3) is 5.91 Å². The number of ether oxygens (including phenoxy) is 3. The van der Waals surface area contributed by atoms with Gasteiger partial charge in [0.15, 0.2) is 0 Å². The summed E-state index contributed by atoms with van der Waals surface area (Å²) in [5, 5.41) is 2.67. The fourth-order valence-corrected chi connectivity index (χ4v) is 5.98. The van der Waals surface area contributed by atoms with Crippen LogP contribution >= 0.6 is 0 Å². The molecule has 0 aliphatic heterocycles. The van der Waals surface area contributed by atoms with E-state index in [4.69, 9.17) is 14.2 Å². The lowest BCUT2D eigenvalue weighted by Crippen LogP contribution is -2.51. The van der Waals surface area contributed by atoms with Crippen molar-refractivity contribution in [3.63, 3.8) is 0 Å². The minimum Gasteiger partial charge on any atom is -0.497 e. The topological polar surface area (TPSA) is 94.2 Å². The van der Waals surface area contributed by atoms with Crippen LogP contribution in [-0.4, -0.2) is 48.5 Å². The van der Waals surface area contributed by atoms with Gasteiger partial charge in [-0.25, -0.2) is 4.79 Å². The van der Waals surface area contributed by atoms with E-state index in [1.165, 1.54) is 0 Å². The van der Waals surface area contributed by atoms with Crippen molar-refractivity contribution in [3.8, 4) is 11.5 Å². The van der Waals surface area contributed by atoms with Crippen molar-refractivity contribution in [1.82, 2.24) is 10.2 Å². The minimum atomic E-state index is -0.751. The molecule has 0 saturated heterocycles. The van der Waals surface area contributed by atoms with Gasteiger partial charge in [0.2, 0.25) is 0 Å². The molecule has 1 fully saturated rings. The summed E-state index contributed by atoms with van der Waals surface area (Å²) in [6.07, 6.45) is 8.34. The molecule has 2 atom stereocenters. The Balaban J connectivity index is 2.16. The molecule has 0 heterocycles. The molecule has 0 spiro atoms. The number of carbonyl (C=O) groups excluding carboxylic acids is 3. The Bertz CT molecular complexity index is 1320. The zero-order valence-corrected chi connectivity index (χ0v) is 27.8. The number of ketones is 1. The molecule has 45 heavy (non-hydrogen) atoms. The molecule has 1 N–H and O–H groups in total. The molecule has 0 aromatic heterocycles. The molecule has 2 aromatic rings. The van der Waals surface area contributed by atoms with Crippen LogP contribution in [0.15, 0.2) is 73.0 Å². The Hall–Kier alpha value is -4.07. The van der Waals surface area contributed by atoms with Gasteiger partial charge in [0.1, 0.15) is 28.6 Å². The van der Waals surface area contributed by atoms with Crippen LogP contribution in [0.2, 0.25) is 0 Å². The summed E-state index contributed by atoms with van der Waals surface area (Å²) in [7, 11) is 3.15. The number of benzene rings is 2. The van der Waals surface area contributed by atoms with E-state index < -0.39 is 29.6 Å². The van der Waals surface area contributed by atoms with Crippen LogP contribution in [0.1, 0.15) is 77.3 Å². The Morgan fingerprint density at radius 1 is 1.02 bits per heavy atom. The molecular formula is C37H50N2O6. The van der Waals surface area contributed by atoms with Crippen molar-refractivity contribution in [1.29, 1.82) is 0 Å². The van der Waals surface area contributed by atoms with E-state index in [1.54, 1.807) is 65.0 Å². The number of hydrogen-bond donors (Lipinski definition) is 1. The van der Waals surface area contributed by atoms with Crippen LogP contribution in [0.3, 0.4) is 0 Å². The highest BCUT2D eigenvalue weighted by atomic mass is 16.6. The molecule has 2 amide bonds. The molecule has 2 aromatic carbocycles. The van der Waals surface area contributed by atoms with E-state index in [1.807, 2.05) is 42.5 Å². The fourth-order valence-electron chi connectivity index (χ4n) is 5.98. The van der Waals surface area contributed by atoms with Gasteiger partial charge in [0.05, 0.1) is 20.8 Å². The lowest BCUT2D eigenvalue weighted by molar-refractivity contribution is -0.136. The maximum atomic E-state index is 14.6. The first-order valence-corrected chi connectivity index (χ1v) is 15.9. The summed E-state index contributed by atoms with van der Waals surface area (Å²) >= 11 is 0. The van der Waals surface area contributed by atoms with Crippen molar-refractivity contribution in [2.75, 3.05) is 14.2 Å². The molecule has 0 radical (unpaired) electrons. The third-order valence-corrected chi connectivity index (χ3v) is 8.20. The maximum absolute atomic E-state index is 14.6. The molecule has 0 bridgehead atoms. The van der Waals surface area contributed by atoms with Gasteiger partial charge in [-0.15, -0.1) is 6.58 Å². The Kier molecular flexibility index (Phi) is 13.3. The summed E-state index contributed by atoms with van der Waals surface area (Å²) in [4.78, 5) is 43.5. The van der Waals surface area contributed by atoms with Gasteiger partial charge in [0, 0.05) is 29.5 Å². The highest BCUT2D eigenvalue weighted by molar-refractivity contribution is 5.97.